The van der Waals surface area contributed by atoms with Gasteiger partial charge in [0.25, 0.3) is 0 Å². The summed E-state index contributed by atoms with van der Waals surface area (Å²) in [6.07, 6.45) is 2.09. The lowest BCUT2D eigenvalue weighted by Gasteiger charge is -2.36. The van der Waals surface area contributed by atoms with Crippen molar-refractivity contribution in [2.75, 3.05) is 18.4 Å². The first-order valence-corrected chi connectivity index (χ1v) is 8.90. The second kappa shape index (κ2) is 7.01. The molecule has 2 N–H and O–H groups in total. The zero-order valence-corrected chi connectivity index (χ0v) is 15.0. The van der Waals surface area contributed by atoms with E-state index >= 15 is 0 Å². The summed E-state index contributed by atoms with van der Waals surface area (Å²) in [5, 5.41) is 17.9. The molecule has 0 aliphatic carbocycles. The van der Waals surface area contributed by atoms with Gasteiger partial charge in [0.05, 0.1) is 35.1 Å². The first-order chi connectivity index (χ1) is 12.6. The molecule has 1 aliphatic heterocycles. The topological polar surface area (TPSA) is 87.3 Å². The second-order valence-electron chi connectivity index (χ2n) is 6.89. The first-order valence-electron chi connectivity index (χ1n) is 8.90. The molecule has 26 heavy (non-hydrogen) atoms. The van der Waals surface area contributed by atoms with Gasteiger partial charge in [0, 0.05) is 25.2 Å². The quantitative estimate of drug-likeness (QED) is 0.744. The molecule has 0 bridgehead atoms. The van der Waals surface area contributed by atoms with Gasteiger partial charge in [-0.25, -0.2) is 4.98 Å². The maximum atomic E-state index is 10.6. The number of nitrogens with one attached hydrogen (secondary N) is 1. The van der Waals surface area contributed by atoms with Gasteiger partial charge in [0.2, 0.25) is 0 Å². The predicted molar refractivity (Wildman–Crippen MR) is 98.8 cm³/mol. The Hall–Kier alpha value is -2.51. The molecule has 1 fully saturated rings. The lowest BCUT2D eigenvalue weighted by molar-refractivity contribution is 0.0557. The van der Waals surface area contributed by atoms with Gasteiger partial charge in [-0.2, -0.15) is 0 Å². The number of aliphatic hydroxyl groups excluding tert-OH is 1. The number of aryl methyl sites for hydroxylation is 2. The van der Waals surface area contributed by atoms with Crippen LogP contribution in [0, 0.1) is 13.8 Å². The minimum absolute atomic E-state index is 0.0358. The Bertz CT molecular complexity index is 890. The summed E-state index contributed by atoms with van der Waals surface area (Å²) in [6.45, 7) is 6.12. The fraction of sp³-hybridized carbons (Fsp3) is 0.421. The number of β-amino-alcohol motifs (C(OH)–C–C–N with tert-alkyl or cyclic N) is 1. The number of fused-ring (bicyclic) bond motifs is 1. The molecule has 0 saturated carbocycles. The Balaban J connectivity index is 1.40. The van der Waals surface area contributed by atoms with Gasteiger partial charge in [0.1, 0.15) is 11.6 Å². The summed E-state index contributed by atoms with van der Waals surface area (Å²) in [6, 6.07) is 7.74. The van der Waals surface area contributed by atoms with Gasteiger partial charge in [-0.15, -0.1) is 0 Å². The summed E-state index contributed by atoms with van der Waals surface area (Å²) in [5.74, 6) is 1.55. The number of benzene rings is 1. The van der Waals surface area contributed by atoms with Crippen LogP contribution in [0.4, 0.5) is 5.82 Å². The van der Waals surface area contributed by atoms with E-state index in [9.17, 15) is 5.11 Å². The molecule has 1 saturated heterocycles. The van der Waals surface area contributed by atoms with Crippen LogP contribution in [0.2, 0.25) is 0 Å². The minimum Gasteiger partial charge on any atom is -0.390 e. The Morgan fingerprint density at radius 3 is 2.81 bits per heavy atom. The zero-order chi connectivity index (χ0) is 18.1. The third-order valence-corrected chi connectivity index (χ3v) is 5.01. The van der Waals surface area contributed by atoms with E-state index in [1.54, 1.807) is 6.20 Å². The van der Waals surface area contributed by atoms with Crippen LogP contribution in [0.5, 0.6) is 0 Å². The van der Waals surface area contributed by atoms with Crippen LogP contribution in [0.25, 0.3) is 11.0 Å². The number of aromatic nitrogens is 3. The average Bonchev–Trinajstić information content (AvgIpc) is 2.96. The van der Waals surface area contributed by atoms with Crippen LogP contribution in [0.15, 0.2) is 35.0 Å². The van der Waals surface area contributed by atoms with Gasteiger partial charge in [-0.05, 0) is 32.4 Å². The molecule has 2 atom stereocenters. The Morgan fingerprint density at radius 2 is 2.08 bits per heavy atom. The van der Waals surface area contributed by atoms with Crippen molar-refractivity contribution in [2.45, 2.75) is 39.0 Å². The fourth-order valence-electron chi connectivity index (χ4n) is 3.48. The van der Waals surface area contributed by atoms with Gasteiger partial charge in [-0.1, -0.05) is 17.3 Å². The number of rotatable bonds is 4. The van der Waals surface area contributed by atoms with Crippen LogP contribution < -0.4 is 5.32 Å². The molecule has 3 aromatic rings. The Morgan fingerprint density at radius 1 is 1.27 bits per heavy atom. The van der Waals surface area contributed by atoms with Crippen LogP contribution in [0.1, 0.15) is 23.4 Å². The third-order valence-electron chi connectivity index (χ3n) is 5.01. The summed E-state index contributed by atoms with van der Waals surface area (Å²) >= 11 is 0. The van der Waals surface area contributed by atoms with Crippen LogP contribution >= 0.6 is 0 Å². The number of hydrogen-bond acceptors (Lipinski definition) is 7. The van der Waals surface area contributed by atoms with Crippen molar-refractivity contribution >= 4 is 16.9 Å². The molecule has 7 heteroatoms. The van der Waals surface area contributed by atoms with Crippen molar-refractivity contribution < 1.29 is 9.63 Å². The summed E-state index contributed by atoms with van der Waals surface area (Å²) in [7, 11) is 0. The number of likely N-dealkylation sites (tertiary alicyclic amines) is 1. The molecule has 4 rings (SSSR count). The molecule has 3 heterocycles. The van der Waals surface area contributed by atoms with Gasteiger partial charge in [0.15, 0.2) is 0 Å². The van der Waals surface area contributed by atoms with E-state index in [1.165, 1.54) is 0 Å². The number of anilines is 1. The molecule has 0 amide bonds. The molecule has 7 nitrogen and oxygen atoms in total. The Labute approximate surface area is 152 Å². The SMILES string of the molecule is Cc1noc(C)c1CN1CC[C@@H](Nc2cnc3ccccc3n2)[C@H](O)C1. The van der Waals surface area contributed by atoms with E-state index in [2.05, 4.69) is 25.3 Å². The van der Waals surface area contributed by atoms with Crippen molar-refractivity contribution in [3.8, 4) is 0 Å². The lowest BCUT2D eigenvalue weighted by Crippen LogP contribution is -2.49. The average molecular weight is 353 g/mol. The fourth-order valence-corrected chi connectivity index (χ4v) is 3.48. The maximum absolute atomic E-state index is 10.6. The zero-order valence-electron chi connectivity index (χ0n) is 15.0. The first kappa shape index (κ1) is 16.9. The molecular weight excluding hydrogens is 330 g/mol. The normalized spacial score (nSPS) is 21.2. The summed E-state index contributed by atoms with van der Waals surface area (Å²) in [4.78, 5) is 11.2. The highest BCUT2D eigenvalue weighted by molar-refractivity contribution is 5.75. The lowest BCUT2D eigenvalue weighted by atomic mass is 10.0. The highest BCUT2D eigenvalue weighted by atomic mass is 16.5. The molecular formula is C19H23N5O2. The summed E-state index contributed by atoms with van der Waals surface area (Å²) in [5.41, 5.74) is 3.75. The number of aliphatic hydroxyl groups is 1. The molecule has 1 aliphatic rings. The second-order valence-corrected chi connectivity index (χ2v) is 6.89. The standard InChI is InChI=1S/C19H23N5O2/c1-12-14(13(2)26-23-12)10-24-8-7-17(18(25)11-24)22-19-9-20-15-5-3-4-6-16(15)21-19/h3-6,9,17-18,25H,7-8,10-11H2,1-2H3,(H,21,22)/t17-,18-/m1/s1. The third kappa shape index (κ3) is 3.40. The predicted octanol–water partition coefficient (Wildman–Crippen LogP) is 2.28. The van der Waals surface area contributed by atoms with E-state index in [0.29, 0.717) is 12.4 Å². The monoisotopic (exact) mass is 353 g/mol. The molecule has 1 aromatic carbocycles. The highest BCUT2D eigenvalue weighted by Crippen LogP contribution is 2.21. The van der Waals surface area contributed by atoms with Crippen LogP contribution in [-0.4, -0.2) is 50.4 Å². The van der Waals surface area contributed by atoms with Crippen LogP contribution in [0.3, 0.4) is 0 Å². The van der Waals surface area contributed by atoms with E-state index in [-0.39, 0.29) is 6.04 Å². The Kier molecular flexibility index (Phi) is 4.57. The van der Waals surface area contributed by atoms with Gasteiger partial charge < -0.3 is 14.9 Å². The van der Waals surface area contributed by atoms with Gasteiger partial charge >= 0.3 is 0 Å². The van der Waals surface area contributed by atoms with Crippen molar-refractivity contribution in [3.63, 3.8) is 0 Å². The molecule has 0 unspecified atom stereocenters. The largest absolute Gasteiger partial charge is 0.390 e. The number of piperidine rings is 1. The van der Waals surface area contributed by atoms with Crippen molar-refractivity contribution in [3.05, 3.63) is 47.5 Å². The smallest absolute Gasteiger partial charge is 0.145 e. The van der Waals surface area contributed by atoms with Crippen molar-refractivity contribution in [1.82, 2.24) is 20.0 Å². The van der Waals surface area contributed by atoms with Crippen LogP contribution in [-0.2, 0) is 6.54 Å². The van der Waals surface area contributed by atoms with E-state index in [0.717, 1.165) is 47.6 Å². The van der Waals surface area contributed by atoms with E-state index < -0.39 is 6.10 Å². The number of nitrogens with zero attached hydrogens (tertiary/aromatic N) is 4. The molecule has 0 spiro atoms. The molecule has 0 radical (unpaired) electrons. The number of hydrogen-bond donors (Lipinski definition) is 2. The molecule has 2 aromatic heterocycles. The maximum Gasteiger partial charge on any atom is 0.145 e. The van der Waals surface area contributed by atoms with E-state index in [1.807, 2.05) is 38.1 Å². The van der Waals surface area contributed by atoms with E-state index in [4.69, 9.17) is 4.52 Å². The van der Waals surface area contributed by atoms with Crippen molar-refractivity contribution in [1.29, 1.82) is 0 Å². The highest BCUT2D eigenvalue weighted by Gasteiger charge is 2.29. The molecule has 136 valence electrons. The van der Waals surface area contributed by atoms with Crippen molar-refractivity contribution in [2.24, 2.45) is 0 Å². The van der Waals surface area contributed by atoms with Gasteiger partial charge in [-0.3, -0.25) is 9.88 Å². The minimum atomic E-state index is -0.475. The summed E-state index contributed by atoms with van der Waals surface area (Å²) < 4.78 is 5.23. The number of para-hydroxylation sites is 2.